The quantitative estimate of drug-likeness (QED) is 0.727. The number of hydrogen-bond acceptors (Lipinski definition) is 2. The van der Waals surface area contributed by atoms with Gasteiger partial charge in [-0.3, -0.25) is 0 Å². The summed E-state index contributed by atoms with van der Waals surface area (Å²) >= 11 is 1.77. The van der Waals surface area contributed by atoms with Gasteiger partial charge in [0, 0.05) is 6.20 Å². The highest BCUT2D eigenvalue weighted by Crippen LogP contribution is 2.33. The van der Waals surface area contributed by atoms with E-state index in [0.717, 1.165) is 11.4 Å². The molecule has 0 spiro atoms. The van der Waals surface area contributed by atoms with Crippen molar-refractivity contribution in [2.45, 2.75) is 18.4 Å². The van der Waals surface area contributed by atoms with Gasteiger partial charge in [0.05, 0.1) is 0 Å². The molecule has 0 saturated heterocycles. The summed E-state index contributed by atoms with van der Waals surface area (Å²) in [6.07, 6.45) is 9.52. The Hall–Kier alpha value is -1.02. The summed E-state index contributed by atoms with van der Waals surface area (Å²) in [5.74, 6) is 0.631. The van der Waals surface area contributed by atoms with E-state index in [1.54, 1.807) is 11.8 Å². The molecule has 0 radical (unpaired) electrons. The van der Waals surface area contributed by atoms with Crippen LogP contribution in [-0.2, 0) is 0 Å². The summed E-state index contributed by atoms with van der Waals surface area (Å²) in [5, 5.41) is 1.08. The zero-order chi connectivity index (χ0) is 9.80. The van der Waals surface area contributed by atoms with E-state index in [9.17, 15) is 0 Å². The van der Waals surface area contributed by atoms with Crippen LogP contribution in [0.1, 0.15) is 13.3 Å². The molecule has 0 fully saturated rings. The minimum absolute atomic E-state index is 0.631. The van der Waals surface area contributed by atoms with Crippen molar-refractivity contribution in [1.82, 2.24) is 4.98 Å². The Labute approximate surface area is 88.9 Å². The van der Waals surface area contributed by atoms with Crippen LogP contribution in [0.5, 0.6) is 0 Å². The Morgan fingerprint density at radius 1 is 1.43 bits per heavy atom. The van der Waals surface area contributed by atoms with E-state index >= 15 is 0 Å². The van der Waals surface area contributed by atoms with Gasteiger partial charge in [0.1, 0.15) is 5.03 Å². The molecule has 1 aliphatic carbocycles. The van der Waals surface area contributed by atoms with E-state index in [2.05, 4.69) is 36.2 Å². The zero-order valence-corrected chi connectivity index (χ0v) is 9.00. The fraction of sp³-hybridized carbons (Fsp3) is 0.250. The highest BCUT2D eigenvalue weighted by atomic mass is 32.2. The Morgan fingerprint density at radius 3 is 3.07 bits per heavy atom. The number of hydrogen-bond donors (Lipinski definition) is 0. The lowest BCUT2D eigenvalue weighted by atomic mass is 10.0. The smallest absolute Gasteiger partial charge is 0.100 e. The fourth-order valence-corrected chi connectivity index (χ4v) is 2.33. The van der Waals surface area contributed by atoms with Crippen molar-refractivity contribution in [2.75, 3.05) is 0 Å². The van der Waals surface area contributed by atoms with Gasteiger partial charge in [-0.2, -0.15) is 0 Å². The SMILES string of the molecule is CC1CC=CC=C1Sc1ccccn1. The second kappa shape index (κ2) is 4.47. The van der Waals surface area contributed by atoms with E-state index in [0.29, 0.717) is 5.92 Å². The molecular formula is C12H13NS. The number of nitrogens with zero attached hydrogens (tertiary/aromatic N) is 1. The van der Waals surface area contributed by atoms with E-state index in [1.807, 2.05) is 18.3 Å². The van der Waals surface area contributed by atoms with Crippen LogP contribution in [-0.4, -0.2) is 4.98 Å². The second-order valence-electron chi connectivity index (χ2n) is 3.40. The highest BCUT2D eigenvalue weighted by Gasteiger charge is 2.11. The Kier molecular flexibility index (Phi) is 3.04. The summed E-state index contributed by atoms with van der Waals surface area (Å²) < 4.78 is 0. The first-order valence-corrected chi connectivity index (χ1v) is 5.63. The molecule has 0 amide bonds. The largest absolute Gasteiger partial charge is 0.250 e. The number of thioether (sulfide) groups is 1. The molecule has 2 rings (SSSR count). The maximum Gasteiger partial charge on any atom is 0.100 e. The van der Waals surface area contributed by atoms with Crippen molar-refractivity contribution in [2.24, 2.45) is 5.92 Å². The van der Waals surface area contributed by atoms with Crippen molar-refractivity contribution in [1.29, 1.82) is 0 Å². The van der Waals surface area contributed by atoms with Crippen molar-refractivity contribution in [3.63, 3.8) is 0 Å². The maximum absolute atomic E-state index is 4.31. The van der Waals surface area contributed by atoms with E-state index in [4.69, 9.17) is 0 Å². The number of rotatable bonds is 2. The van der Waals surface area contributed by atoms with Crippen LogP contribution in [0.3, 0.4) is 0 Å². The molecule has 1 aliphatic rings. The van der Waals surface area contributed by atoms with Gasteiger partial charge in [0.15, 0.2) is 0 Å². The van der Waals surface area contributed by atoms with E-state index in [-0.39, 0.29) is 0 Å². The minimum Gasteiger partial charge on any atom is -0.250 e. The van der Waals surface area contributed by atoms with Crippen molar-refractivity contribution in [3.05, 3.63) is 47.5 Å². The summed E-state index contributed by atoms with van der Waals surface area (Å²) in [4.78, 5) is 5.71. The van der Waals surface area contributed by atoms with Gasteiger partial charge >= 0.3 is 0 Å². The van der Waals surface area contributed by atoms with Crippen LogP contribution in [0.15, 0.2) is 52.6 Å². The van der Waals surface area contributed by atoms with Crippen molar-refractivity contribution in [3.8, 4) is 0 Å². The molecule has 14 heavy (non-hydrogen) atoms. The van der Waals surface area contributed by atoms with Gasteiger partial charge in [-0.05, 0) is 29.4 Å². The fourth-order valence-electron chi connectivity index (χ4n) is 1.39. The van der Waals surface area contributed by atoms with Gasteiger partial charge in [0.25, 0.3) is 0 Å². The molecule has 0 aliphatic heterocycles. The molecule has 2 heteroatoms. The Morgan fingerprint density at radius 2 is 2.36 bits per heavy atom. The van der Waals surface area contributed by atoms with Gasteiger partial charge in [-0.15, -0.1) is 0 Å². The first-order chi connectivity index (χ1) is 6.86. The predicted molar refractivity (Wildman–Crippen MR) is 61.1 cm³/mol. The van der Waals surface area contributed by atoms with Gasteiger partial charge < -0.3 is 0 Å². The summed E-state index contributed by atoms with van der Waals surface area (Å²) in [6.45, 7) is 2.26. The first kappa shape index (κ1) is 9.53. The molecular weight excluding hydrogens is 190 g/mol. The lowest BCUT2D eigenvalue weighted by molar-refractivity contribution is 0.723. The number of aromatic nitrogens is 1. The lowest BCUT2D eigenvalue weighted by Gasteiger charge is -2.15. The number of allylic oxidation sites excluding steroid dienone is 4. The second-order valence-corrected chi connectivity index (χ2v) is 4.50. The average Bonchev–Trinajstić information content (AvgIpc) is 2.23. The standard InChI is InChI=1S/C12H13NS/c1-10-6-2-3-7-11(10)14-12-8-4-5-9-13-12/h2-5,7-10H,6H2,1H3. The van der Waals surface area contributed by atoms with E-state index < -0.39 is 0 Å². The summed E-state index contributed by atoms with van der Waals surface area (Å²) in [5.41, 5.74) is 0. The molecule has 0 saturated carbocycles. The van der Waals surface area contributed by atoms with Crippen LogP contribution < -0.4 is 0 Å². The predicted octanol–water partition coefficient (Wildman–Crippen LogP) is 3.65. The van der Waals surface area contributed by atoms with Crippen LogP contribution in [0, 0.1) is 5.92 Å². The topological polar surface area (TPSA) is 12.9 Å². The molecule has 1 aromatic heterocycles. The third kappa shape index (κ3) is 2.26. The third-order valence-corrected chi connectivity index (χ3v) is 3.46. The lowest BCUT2D eigenvalue weighted by Crippen LogP contribution is -1.98. The molecule has 72 valence electrons. The van der Waals surface area contributed by atoms with Crippen LogP contribution >= 0.6 is 11.8 Å². The molecule has 0 aromatic carbocycles. The van der Waals surface area contributed by atoms with Crippen molar-refractivity contribution < 1.29 is 0 Å². The van der Waals surface area contributed by atoms with Crippen molar-refractivity contribution >= 4 is 11.8 Å². The van der Waals surface area contributed by atoms with Gasteiger partial charge in [0.2, 0.25) is 0 Å². The number of pyridine rings is 1. The Balaban J connectivity index is 2.11. The molecule has 1 aromatic rings. The maximum atomic E-state index is 4.31. The normalized spacial score (nSPS) is 20.6. The van der Waals surface area contributed by atoms with Crippen LogP contribution in [0.2, 0.25) is 0 Å². The van der Waals surface area contributed by atoms with Gasteiger partial charge in [-0.1, -0.05) is 43.0 Å². The molecule has 1 atom stereocenters. The molecule has 0 N–H and O–H groups in total. The monoisotopic (exact) mass is 203 g/mol. The first-order valence-electron chi connectivity index (χ1n) is 4.82. The average molecular weight is 203 g/mol. The Bertz CT molecular complexity index is 354. The highest BCUT2D eigenvalue weighted by molar-refractivity contribution is 8.03. The van der Waals surface area contributed by atoms with Crippen LogP contribution in [0.4, 0.5) is 0 Å². The summed E-state index contributed by atoms with van der Waals surface area (Å²) in [7, 11) is 0. The minimum atomic E-state index is 0.631. The van der Waals surface area contributed by atoms with Gasteiger partial charge in [-0.25, -0.2) is 4.98 Å². The van der Waals surface area contributed by atoms with Crippen LogP contribution in [0.25, 0.3) is 0 Å². The molecule has 0 bridgehead atoms. The third-order valence-electron chi connectivity index (χ3n) is 2.23. The molecule has 1 nitrogen and oxygen atoms in total. The zero-order valence-electron chi connectivity index (χ0n) is 8.18. The van der Waals surface area contributed by atoms with E-state index in [1.165, 1.54) is 4.91 Å². The molecule has 1 heterocycles. The summed E-state index contributed by atoms with van der Waals surface area (Å²) in [6, 6.07) is 6.03. The molecule has 1 unspecified atom stereocenters.